The second-order valence-electron chi connectivity index (χ2n) is 3.85. The molecule has 1 N–H and O–H groups in total. The summed E-state index contributed by atoms with van der Waals surface area (Å²) in [5.41, 5.74) is 0. The van der Waals surface area contributed by atoms with Gasteiger partial charge < -0.3 is 0 Å². The van der Waals surface area contributed by atoms with Gasteiger partial charge >= 0.3 is 10.2 Å². The molecule has 0 radical (unpaired) electrons. The average Bonchev–Trinajstić information content (AvgIpc) is 2.26. The summed E-state index contributed by atoms with van der Waals surface area (Å²) in [6.45, 7) is 4.71. The van der Waals surface area contributed by atoms with Crippen molar-refractivity contribution in [2.45, 2.75) is 26.7 Å². The predicted molar refractivity (Wildman–Crippen MR) is 76.7 cm³/mol. The largest absolute Gasteiger partial charge is 0.302 e. The minimum absolute atomic E-state index is 0.0576. The molecule has 0 spiro atoms. The Hall–Kier alpha value is -0.630. The lowest BCUT2D eigenvalue weighted by molar-refractivity contribution is 0.413. The SMILES string of the molecule is CCCN(CCC)S(=O)(=O)Nc1cc(Cl)nc(Cl)n1. The van der Waals surface area contributed by atoms with E-state index in [-0.39, 0.29) is 16.3 Å². The highest BCUT2D eigenvalue weighted by Crippen LogP contribution is 2.16. The minimum atomic E-state index is -3.66. The number of aromatic nitrogens is 2. The van der Waals surface area contributed by atoms with Crippen molar-refractivity contribution in [1.29, 1.82) is 0 Å². The van der Waals surface area contributed by atoms with Crippen molar-refractivity contribution in [3.05, 3.63) is 16.5 Å². The first-order valence-corrected chi connectivity index (χ1v) is 8.06. The zero-order valence-corrected chi connectivity index (χ0v) is 13.1. The Morgan fingerprint density at radius 1 is 1.21 bits per heavy atom. The van der Waals surface area contributed by atoms with E-state index in [0.717, 1.165) is 12.8 Å². The Morgan fingerprint density at radius 3 is 2.26 bits per heavy atom. The van der Waals surface area contributed by atoms with Crippen molar-refractivity contribution in [3.8, 4) is 0 Å². The first kappa shape index (κ1) is 16.4. The molecule has 0 amide bonds. The lowest BCUT2D eigenvalue weighted by Crippen LogP contribution is -2.37. The van der Waals surface area contributed by atoms with E-state index < -0.39 is 10.2 Å². The van der Waals surface area contributed by atoms with Crippen LogP contribution < -0.4 is 4.72 Å². The fourth-order valence-corrected chi connectivity index (χ4v) is 3.24. The molecule has 0 fully saturated rings. The van der Waals surface area contributed by atoms with Gasteiger partial charge in [0.25, 0.3) is 0 Å². The molecule has 0 saturated carbocycles. The quantitative estimate of drug-likeness (QED) is 0.617. The summed E-state index contributed by atoms with van der Waals surface area (Å²) in [7, 11) is -3.66. The van der Waals surface area contributed by atoms with Gasteiger partial charge in [0.05, 0.1) is 0 Å². The van der Waals surface area contributed by atoms with Crippen molar-refractivity contribution in [2.24, 2.45) is 0 Å². The van der Waals surface area contributed by atoms with Crippen LogP contribution in [0.25, 0.3) is 0 Å². The van der Waals surface area contributed by atoms with Crippen LogP contribution in [0.5, 0.6) is 0 Å². The summed E-state index contributed by atoms with van der Waals surface area (Å²) in [6.07, 6.45) is 1.46. The number of anilines is 1. The third-order valence-electron chi connectivity index (χ3n) is 2.19. The van der Waals surface area contributed by atoms with Crippen LogP contribution in [0.3, 0.4) is 0 Å². The van der Waals surface area contributed by atoms with Crippen molar-refractivity contribution in [1.82, 2.24) is 14.3 Å². The van der Waals surface area contributed by atoms with Crippen LogP contribution in [0.4, 0.5) is 5.82 Å². The first-order chi connectivity index (χ1) is 8.89. The molecule has 1 heterocycles. The second-order valence-corrected chi connectivity index (χ2v) is 6.25. The molecule has 0 atom stereocenters. The zero-order chi connectivity index (χ0) is 14.5. The zero-order valence-electron chi connectivity index (χ0n) is 10.7. The van der Waals surface area contributed by atoms with Crippen LogP contribution in [0.2, 0.25) is 10.4 Å². The number of hydrogen-bond acceptors (Lipinski definition) is 4. The molecule has 0 aliphatic carbocycles. The fraction of sp³-hybridized carbons (Fsp3) is 0.600. The molecular weight excluding hydrogens is 311 g/mol. The highest BCUT2D eigenvalue weighted by Gasteiger charge is 2.21. The van der Waals surface area contributed by atoms with E-state index in [1.165, 1.54) is 10.4 Å². The Morgan fingerprint density at radius 2 is 1.79 bits per heavy atom. The minimum Gasteiger partial charge on any atom is -0.254 e. The topological polar surface area (TPSA) is 75.2 Å². The lowest BCUT2D eigenvalue weighted by Gasteiger charge is -2.21. The van der Waals surface area contributed by atoms with E-state index in [0.29, 0.717) is 13.1 Å². The predicted octanol–water partition coefficient (Wildman–Crippen LogP) is 2.56. The van der Waals surface area contributed by atoms with Gasteiger partial charge in [-0.3, -0.25) is 4.72 Å². The van der Waals surface area contributed by atoms with Crippen molar-refractivity contribution in [3.63, 3.8) is 0 Å². The molecule has 0 aromatic carbocycles. The van der Waals surface area contributed by atoms with E-state index in [1.807, 2.05) is 13.8 Å². The van der Waals surface area contributed by atoms with Gasteiger partial charge in [0.15, 0.2) is 0 Å². The summed E-state index contributed by atoms with van der Waals surface area (Å²) in [6, 6.07) is 1.31. The lowest BCUT2D eigenvalue weighted by atomic mass is 10.4. The maximum absolute atomic E-state index is 12.2. The summed E-state index contributed by atoms with van der Waals surface area (Å²) in [4.78, 5) is 7.43. The van der Waals surface area contributed by atoms with E-state index in [1.54, 1.807) is 0 Å². The van der Waals surface area contributed by atoms with Crippen LogP contribution in [0.1, 0.15) is 26.7 Å². The Balaban J connectivity index is 2.93. The van der Waals surface area contributed by atoms with Crippen molar-refractivity contribution < 1.29 is 8.42 Å². The monoisotopic (exact) mass is 326 g/mol. The van der Waals surface area contributed by atoms with E-state index in [9.17, 15) is 8.42 Å². The van der Waals surface area contributed by atoms with Crippen molar-refractivity contribution >= 4 is 39.2 Å². The molecule has 108 valence electrons. The molecule has 0 unspecified atom stereocenters. The second kappa shape index (κ2) is 7.23. The van der Waals surface area contributed by atoms with Crippen LogP contribution in [-0.4, -0.2) is 35.8 Å². The molecular formula is C10H16Cl2N4O2S. The standard InChI is InChI=1S/C10H16Cl2N4O2S/c1-3-5-16(6-4-2)19(17,18)15-9-7-8(11)13-10(12)14-9/h7H,3-6H2,1-2H3,(H,13,14,15). The third kappa shape index (κ3) is 5.10. The molecule has 0 saturated heterocycles. The normalized spacial score (nSPS) is 11.8. The van der Waals surface area contributed by atoms with Gasteiger partial charge in [0.2, 0.25) is 5.28 Å². The van der Waals surface area contributed by atoms with E-state index >= 15 is 0 Å². The Labute approximate surface area is 123 Å². The van der Waals surface area contributed by atoms with Crippen molar-refractivity contribution in [2.75, 3.05) is 17.8 Å². The van der Waals surface area contributed by atoms with Gasteiger partial charge in [-0.05, 0) is 24.4 Å². The summed E-state index contributed by atoms with van der Waals surface area (Å²) >= 11 is 11.3. The van der Waals surface area contributed by atoms with E-state index in [2.05, 4.69) is 14.7 Å². The van der Waals surface area contributed by atoms with Gasteiger partial charge in [-0.25, -0.2) is 4.98 Å². The van der Waals surface area contributed by atoms with E-state index in [4.69, 9.17) is 23.2 Å². The van der Waals surface area contributed by atoms with Crippen LogP contribution in [0.15, 0.2) is 6.07 Å². The Kier molecular flexibility index (Phi) is 6.25. The smallest absolute Gasteiger partial charge is 0.254 e. The van der Waals surface area contributed by atoms with Gasteiger partial charge in [-0.1, -0.05) is 25.4 Å². The summed E-state index contributed by atoms with van der Waals surface area (Å²) < 4.78 is 28.0. The first-order valence-electron chi connectivity index (χ1n) is 5.87. The van der Waals surface area contributed by atoms with Gasteiger partial charge in [-0.2, -0.15) is 17.7 Å². The molecule has 1 aromatic rings. The van der Waals surface area contributed by atoms with Gasteiger partial charge in [0, 0.05) is 19.2 Å². The highest BCUT2D eigenvalue weighted by atomic mass is 35.5. The molecule has 6 nitrogen and oxygen atoms in total. The summed E-state index contributed by atoms with van der Waals surface area (Å²) in [5.74, 6) is 0.0576. The molecule has 0 bridgehead atoms. The number of nitrogens with one attached hydrogen (secondary N) is 1. The highest BCUT2D eigenvalue weighted by molar-refractivity contribution is 7.90. The third-order valence-corrected chi connectivity index (χ3v) is 4.06. The maximum Gasteiger partial charge on any atom is 0.302 e. The van der Waals surface area contributed by atoms with Gasteiger partial charge in [-0.15, -0.1) is 0 Å². The Bertz CT molecular complexity index is 498. The number of halogens is 2. The van der Waals surface area contributed by atoms with Crippen LogP contribution in [-0.2, 0) is 10.2 Å². The van der Waals surface area contributed by atoms with Crippen LogP contribution in [0, 0.1) is 0 Å². The fourth-order valence-electron chi connectivity index (χ4n) is 1.49. The number of nitrogens with zero attached hydrogens (tertiary/aromatic N) is 3. The number of hydrogen-bond donors (Lipinski definition) is 1. The maximum atomic E-state index is 12.2. The average molecular weight is 327 g/mol. The molecule has 0 aliphatic rings. The molecule has 1 aromatic heterocycles. The number of rotatable bonds is 7. The molecule has 1 rings (SSSR count). The van der Waals surface area contributed by atoms with Crippen LogP contribution >= 0.6 is 23.2 Å². The molecule has 9 heteroatoms. The molecule has 19 heavy (non-hydrogen) atoms. The van der Waals surface area contributed by atoms with Gasteiger partial charge in [0.1, 0.15) is 11.0 Å². The molecule has 0 aliphatic heterocycles. The summed E-state index contributed by atoms with van der Waals surface area (Å²) in [5, 5.41) is -0.0297.